The molecule has 2 nitrogen and oxygen atoms in total. The highest BCUT2D eigenvalue weighted by Crippen LogP contribution is 2.36. The topological polar surface area (TPSA) is 12.5 Å². The van der Waals surface area contributed by atoms with Gasteiger partial charge in [-0.2, -0.15) is 13.2 Å². The van der Waals surface area contributed by atoms with Crippen molar-refractivity contribution in [3.05, 3.63) is 29.3 Å². The van der Waals surface area contributed by atoms with Gasteiger partial charge in [-0.25, -0.2) is 0 Å². The van der Waals surface area contributed by atoms with Crippen LogP contribution >= 0.6 is 0 Å². The minimum absolute atomic E-state index is 0.0173. The van der Waals surface area contributed by atoms with Crippen LogP contribution in [0.5, 0.6) is 5.75 Å². The van der Waals surface area contributed by atoms with E-state index in [0.717, 1.165) is 19.2 Å². The molecule has 0 aromatic heterocycles. The maximum absolute atomic E-state index is 13.0. The first-order valence-corrected chi connectivity index (χ1v) is 6.63. The predicted octanol–water partition coefficient (Wildman–Crippen LogP) is 3.70. The van der Waals surface area contributed by atoms with Crippen LogP contribution in [0.15, 0.2) is 18.2 Å². The molecule has 0 unspecified atom stereocenters. The highest BCUT2D eigenvalue weighted by Gasteiger charge is 2.33. The maximum Gasteiger partial charge on any atom is 0.416 e. The molecule has 1 aliphatic heterocycles. The maximum atomic E-state index is 13.0. The van der Waals surface area contributed by atoms with E-state index in [-0.39, 0.29) is 11.5 Å². The molecule has 2 rings (SSSR count). The van der Waals surface area contributed by atoms with Crippen molar-refractivity contribution >= 4 is 0 Å². The van der Waals surface area contributed by atoms with Gasteiger partial charge in [0.2, 0.25) is 0 Å². The fourth-order valence-corrected chi connectivity index (χ4v) is 2.17. The Balaban J connectivity index is 2.31. The van der Waals surface area contributed by atoms with Crippen molar-refractivity contribution in [2.75, 3.05) is 20.1 Å². The van der Waals surface area contributed by atoms with E-state index in [1.54, 1.807) is 6.07 Å². The lowest BCUT2D eigenvalue weighted by molar-refractivity contribution is -0.137. The molecule has 1 heterocycles. The number of likely N-dealkylation sites (tertiary alicyclic amines) is 1. The van der Waals surface area contributed by atoms with Gasteiger partial charge in [0.25, 0.3) is 0 Å². The van der Waals surface area contributed by atoms with Crippen molar-refractivity contribution < 1.29 is 17.9 Å². The molecule has 0 amide bonds. The second kappa shape index (κ2) is 4.95. The van der Waals surface area contributed by atoms with Crippen LogP contribution in [-0.2, 0) is 11.6 Å². The van der Waals surface area contributed by atoms with Crippen LogP contribution in [0.25, 0.3) is 0 Å². The number of benzene rings is 1. The zero-order valence-electron chi connectivity index (χ0n) is 12.2. The zero-order chi connectivity index (χ0) is 15.1. The molecule has 1 aromatic carbocycles. The minimum Gasteiger partial charge on any atom is -0.488 e. The first kappa shape index (κ1) is 15.2. The second-order valence-electron chi connectivity index (χ2n) is 6.45. The monoisotopic (exact) mass is 287 g/mol. The van der Waals surface area contributed by atoms with Gasteiger partial charge in [0, 0.05) is 13.1 Å². The summed E-state index contributed by atoms with van der Waals surface area (Å²) in [6, 6.07) is 4.01. The quantitative estimate of drug-likeness (QED) is 0.822. The van der Waals surface area contributed by atoms with Gasteiger partial charge < -0.3 is 4.74 Å². The molecule has 0 bridgehead atoms. The normalized spacial score (nSPS) is 17.9. The lowest BCUT2D eigenvalue weighted by Gasteiger charge is -2.36. The van der Waals surface area contributed by atoms with E-state index in [2.05, 4.69) is 4.90 Å². The molecule has 0 spiro atoms. The largest absolute Gasteiger partial charge is 0.488 e. The van der Waals surface area contributed by atoms with Gasteiger partial charge in [-0.3, -0.25) is 4.90 Å². The van der Waals surface area contributed by atoms with Gasteiger partial charge in [-0.05, 0) is 36.2 Å². The summed E-state index contributed by atoms with van der Waals surface area (Å²) in [6.07, 6.45) is -4.37. The number of rotatable bonds is 2. The smallest absolute Gasteiger partial charge is 0.416 e. The van der Waals surface area contributed by atoms with Crippen LogP contribution in [-0.4, -0.2) is 31.1 Å². The molecule has 1 saturated heterocycles. The van der Waals surface area contributed by atoms with E-state index in [9.17, 15) is 13.2 Å². The van der Waals surface area contributed by atoms with Gasteiger partial charge in [0.05, 0.1) is 5.56 Å². The summed E-state index contributed by atoms with van der Waals surface area (Å²) >= 11 is 0. The first-order valence-electron chi connectivity index (χ1n) is 6.63. The summed E-state index contributed by atoms with van der Waals surface area (Å²) in [7, 11) is 1.95. The number of nitrogens with zero attached hydrogens (tertiary/aromatic N) is 1. The van der Waals surface area contributed by atoms with Gasteiger partial charge >= 0.3 is 6.18 Å². The van der Waals surface area contributed by atoms with Crippen molar-refractivity contribution in [3.63, 3.8) is 0 Å². The molecule has 1 aliphatic rings. The Bertz CT molecular complexity index is 453. The molecule has 5 heteroatoms. The van der Waals surface area contributed by atoms with Crippen molar-refractivity contribution in [1.29, 1.82) is 0 Å². The fraction of sp³-hybridized carbons (Fsp3) is 0.600. The molecule has 1 aromatic rings. The van der Waals surface area contributed by atoms with Gasteiger partial charge in [0.15, 0.2) is 0 Å². The number of hydrogen-bond acceptors (Lipinski definition) is 2. The highest BCUT2D eigenvalue weighted by molar-refractivity contribution is 5.39. The Morgan fingerprint density at radius 2 is 1.60 bits per heavy atom. The van der Waals surface area contributed by atoms with Crippen molar-refractivity contribution in [3.8, 4) is 5.75 Å². The van der Waals surface area contributed by atoms with Crippen LogP contribution in [0.3, 0.4) is 0 Å². The Morgan fingerprint density at radius 3 is 2.05 bits per heavy atom. The molecule has 20 heavy (non-hydrogen) atoms. The Morgan fingerprint density at radius 1 is 1.05 bits per heavy atom. The van der Waals surface area contributed by atoms with Crippen molar-refractivity contribution in [2.45, 2.75) is 38.5 Å². The summed E-state index contributed by atoms with van der Waals surface area (Å²) in [6.45, 7) is 7.18. The fourth-order valence-electron chi connectivity index (χ4n) is 2.17. The van der Waals surface area contributed by atoms with E-state index in [0.29, 0.717) is 11.3 Å². The molecule has 0 saturated carbocycles. The van der Waals surface area contributed by atoms with E-state index < -0.39 is 11.7 Å². The van der Waals surface area contributed by atoms with Crippen LogP contribution in [0, 0.1) is 0 Å². The standard InChI is InChI=1S/C15H20F3NO/c1-14(2,3)10-5-11(15(16,17)18)7-12(6-10)20-13-8-19(4)9-13/h5-7,13H,8-9H2,1-4H3. The molecule has 1 fully saturated rings. The summed E-state index contributed by atoms with van der Waals surface area (Å²) in [5, 5.41) is 0. The van der Waals surface area contributed by atoms with Gasteiger partial charge in [-0.15, -0.1) is 0 Å². The SMILES string of the molecule is CN1CC(Oc2cc(C(C)(C)C)cc(C(F)(F)F)c2)C1. The molecule has 0 aliphatic carbocycles. The minimum atomic E-state index is -4.35. The average molecular weight is 287 g/mol. The van der Waals surface area contributed by atoms with E-state index in [4.69, 9.17) is 4.74 Å². The van der Waals surface area contributed by atoms with E-state index in [1.165, 1.54) is 6.07 Å². The molecule has 0 atom stereocenters. The molecule has 0 radical (unpaired) electrons. The van der Waals surface area contributed by atoms with Gasteiger partial charge in [-0.1, -0.05) is 20.8 Å². The van der Waals surface area contributed by atoms with Crippen LogP contribution < -0.4 is 4.74 Å². The Labute approximate surface area is 117 Å². The first-order chi connectivity index (χ1) is 9.05. The number of ether oxygens (including phenoxy) is 1. The molecule has 0 N–H and O–H groups in total. The predicted molar refractivity (Wildman–Crippen MR) is 72.1 cm³/mol. The lowest BCUT2D eigenvalue weighted by Crippen LogP contribution is -2.51. The van der Waals surface area contributed by atoms with E-state index in [1.807, 2.05) is 27.8 Å². The number of alkyl halides is 3. The average Bonchev–Trinajstić information content (AvgIpc) is 2.24. The number of hydrogen-bond donors (Lipinski definition) is 0. The third-order valence-electron chi connectivity index (χ3n) is 3.43. The van der Waals surface area contributed by atoms with Crippen LogP contribution in [0.4, 0.5) is 13.2 Å². The second-order valence-corrected chi connectivity index (χ2v) is 6.45. The van der Waals surface area contributed by atoms with Crippen LogP contribution in [0.2, 0.25) is 0 Å². The third-order valence-corrected chi connectivity index (χ3v) is 3.43. The number of halogens is 3. The van der Waals surface area contributed by atoms with Crippen LogP contribution in [0.1, 0.15) is 31.9 Å². The third kappa shape index (κ3) is 3.45. The van der Waals surface area contributed by atoms with E-state index >= 15 is 0 Å². The Hall–Kier alpha value is -1.23. The zero-order valence-corrected chi connectivity index (χ0v) is 12.2. The summed E-state index contributed by atoms with van der Waals surface area (Å²) in [4.78, 5) is 2.06. The molecule has 112 valence electrons. The number of likely N-dealkylation sites (N-methyl/N-ethyl adjacent to an activating group) is 1. The molecular weight excluding hydrogens is 267 g/mol. The summed E-state index contributed by atoms with van der Waals surface area (Å²) in [5.41, 5.74) is -0.363. The van der Waals surface area contributed by atoms with Crippen molar-refractivity contribution in [2.24, 2.45) is 0 Å². The van der Waals surface area contributed by atoms with Gasteiger partial charge in [0.1, 0.15) is 11.9 Å². The Kier molecular flexibility index (Phi) is 3.75. The highest BCUT2D eigenvalue weighted by atomic mass is 19.4. The lowest BCUT2D eigenvalue weighted by atomic mass is 9.86. The summed E-state index contributed by atoms with van der Waals surface area (Å²) < 4.78 is 44.6. The van der Waals surface area contributed by atoms with Crippen molar-refractivity contribution in [1.82, 2.24) is 4.90 Å². The summed E-state index contributed by atoms with van der Waals surface area (Å²) in [5.74, 6) is 0.308. The molecular formula is C15H20F3NO.